The van der Waals surface area contributed by atoms with Crippen molar-refractivity contribution in [2.75, 3.05) is 13.1 Å². The van der Waals surface area contributed by atoms with Crippen LogP contribution in [0, 0.1) is 5.92 Å². The highest BCUT2D eigenvalue weighted by Gasteiger charge is 2.46. The van der Waals surface area contributed by atoms with E-state index in [1.54, 1.807) is 4.90 Å². The third-order valence-corrected chi connectivity index (χ3v) is 3.33. The first kappa shape index (κ1) is 12.3. The Morgan fingerprint density at radius 3 is 2.59 bits per heavy atom. The van der Waals surface area contributed by atoms with Crippen molar-refractivity contribution in [3.63, 3.8) is 0 Å². The van der Waals surface area contributed by atoms with E-state index in [1.807, 2.05) is 13.8 Å². The summed E-state index contributed by atoms with van der Waals surface area (Å²) in [4.78, 5) is 21.2. The molecule has 0 bridgehead atoms. The van der Waals surface area contributed by atoms with Crippen molar-refractivity contribution in [3.05, 3.63) is 23.2 Å². The largest absolute Gasteiger partial charge is 0.386 e. The maximum atomic E-state index is 11.9. The molecule has 1 aliphatic heterocycles. The van der Waals surface area contributed by atoms with Crippen LogP contribution in [0.3, 0.4) is 0 Å². The Labute approximate surface area is 104 Å². The number of carbonyl (C=O) groups excluding carboxylic acids is 1. The number of carbonyl (C=O) groups is 1. The maximum absolute atomic E-state index is 11.9. The van der Waals surface area contributed by atoms with E-state index in [9.17, 15) is 9.90 Å². The van der Waals surface area contributed by atoms with Crippen LogP contribution in [0.25, 0.3) is 0 Å². The number of β-amino-alcohol motifs (C(OH)–C–C–N with tert-alkyl or cyclic N) is 1. The lowest BCUT2D eigenvalue weighted by molar-refractivity contribution is -0.111. The molecule has 1 aromatic rings. The van der Waals surface area contributed by atoms with Crippen LogP contribution in [0.15, 0.2) is 12.4 Å². The number of hydrogen-bond acceptors (Lipinski definition) is 4. The maximum Gasteiger partial charge on any atom is 0.274 e. The molecule has 92 valence electrons. The SMILES string of the molecule is CC(C)C1(O)CN(C(=O)c2cnc(Cl)cn2)C1. The molecule has 1 fully saturated rings. The molecule has 2 rings (SSSR count). The van der Waals surface area contributed by atoms with Crippen LogP contribution in [0.1, 0.15) is 24.3 Å². The van der Waals surface area contributed by atoms with E-state index in [4.69, 9.17) is 11.6 Å². The van der Waals surface area contributed by atoms with Gasteiger partial charge in [-0.3, -0.25) is 4.79 Å². The molecule has 5 nitrogen and oxygen atoms in total. The number of amides is 1. The monoisotopic (exact) mass is 255 g/mol. The number of nitrogens with zero attached hydrogens (tertiary/aromatic N) is 3. The van der Waals surface area contributed by atoms with Gasteiger partial charge in [-0.25, -0.2) is 9.97 Å². The summed E-state index contributed by atoms with van der Waals surface area (Å²) >= 11 is 5.59. The summed E-state index contributed by atoms with van der Waals surface area (Å²) in [6.45, 7) is 4.55. The molecule has 0 atom stereocenters. The number of likely N-dealkylation sites (tertiary alicyclic amines) is 1. The van der Waals surface area contributed by atoms with Crippen LogP contribution >= 0.6 is 11.6 Å². The first-order chi connectivity index (χ1) is 7.92. The zero-order chi connectivity index (χ0) is 12.6. The predicted octanol–water partition coefficient (Wildman–Crippen LogP) is 0.973. The zero-order valence-electron chi connectivity index (χ0n) is 9.72. The van der Waals surface area contributed by atoms with Gasteiger partial charge in [-0.15, -0.1) is 0 Å². The third kappa shape index (κ3) is 2.25. The van der Waals surface area contributed by atoms with Gasteiger partial charge in [0, 0.05) is 0 Å². The van der Waals surface area contributed by atoms with Crippen LogP contribution in [-0.2, 0) is 0 Å². The van der Waals surface area contributed by atoms with E-state index >= 15 is 0 Å². The lowest BCUT2D eigenvalue weighted by Crippen LogP contribution is -2.66. The highest BCUT2D eigenvalue weighted by molar-refractivity contribution is 6.29. The van der Waals surface area contributed by atoms with E-state index in [0.717, 1.165) is 0 Å². The Balaban J connectivity index is 2.02. The van der Waals surface area contributed by atoms with Gasteiger partial charge in [0.05, 0.1) is 25.5 Å². The van der Waals surface area contributed by atoms with Crippen molar-refractivity contribution in [3.8, 4) is 0 Å². The summed E-state index contributed by atoms with van der Waals surface area (Å²) in [5.41, 5.74) is -0.518. The zero-order valence-corrected chi connectivity index (χ0v) is 10.5. The van der Waals surface area contributed by atoms with E-state index in [2.05, 4.69) is 9.97 Å². The van der Waals surface area contributed by atoms with Gasteiger partial charge in [0.25, 0.3) is 5.91 Å². The topological polar surface area (TPSA) is 66.3 Å². The van der Waals surface area contributed by atoms with E-state index in [-0.39, 0.29) is 22.7 Å². The molecule has 17 heavy (non-hydrogen) atoms. The second-order valence-corrected chi connectivity index (χ2v) is 5.03. The minimum absolute atomic E-state index is 0.128. The Kier molecular flexibility index (Phi) is 3.05. The quantitative estimate of drug-likeness (QED) is 0.855. The Morgan fingerprint density at radius 1 is 1.47 bits per heavy atom. The van der Waals surface area contributed by atoms with Crippen LogP contribution in [0.5, 0.6) is 0 Å². The van der Waals surface area contributed by atoms with Crippen molar-refractivity contribution in [2.24, 2.45) is 5.92 Å². The Bertz CT molecular complexity index is 427. The van der Waals surface area contributed by atoms with Crippen molar-refractivity contribution < 1.29 is 9.90 Å². The fraction of sp³-hybridized carbons (Fsp3) is 0.545. The van der Waals surface area contributed by atoms with Crippen molar-refractivity contribution in [1.82, 2.24) is 14.9 Å². The minimum Gasteiger partial charge on any atom is -0.386 e. The summed E-state index contributed by atoms with van der Waals surface area (Å²) in [7, 11) is 0. The predicted molar refractivity (Wildman–Crippen MR) is 62.7 cm³/mol. The van der Waals surface area contributed by atoms with Gasteiger partial charge in [0.2, 0.25) is 0 Å². The van der Waals surface area contributed by atoms with Crippen molar-refractivity contribution in [1.29, 1.82) is 0 Å². The van der Waals surface area contributed by atoms with Gasteiger partial charge in [-0.05, 0) is 5.92 Å². The van der Waals surface area contributed by atoms with Crippen LogP contribution in [0.4, 0.5) is 0 Å². The van der Waals surface area contributed by atoms with Crippen LogP contribution in [0.2, 0.25) is 5.15 Å². The van der Waals surface area contributed by atoms with Gasteiger partial charge in [-0.2, -0.15) is 0 Å². The van der Waals surface area contributed by atoms with E-state index in [0.29, 0.717) is 13.1 Å². The molecule has 1 N–H and O–H groups in total. The highest BCUT2D eigenvalue weighted by Crippen LogP contribution is 2.29. The molecule has 0 aromatic carbocycles. The summed E-state index contributed by atoms with van der Waals surface area (Å²) in [6, 6.07) is 0. The first-order valence-corrected chi connectivity index (χ1v) is 5.79. The Morgan fingerprint density at radius 2 is 2.12 bits per heavy atom. The molecule has 1 saturated heterocycles. The fourth-order valence-corrected chi connectivity index (χ4v) is 1.81. The molecule has 0 radical (unpaired) electrons. The van der Waals surface area contributed by atoms with Crippen LogP contribution < -0.4 is 0 Å². The molecule has 1 amide bonds. The van der Waals surface area contributed by atoms with Gasteiger partial charge >= 0.3 is 0 Å². The Hall–Kier alpha value is -1.20. The van der Waals surface area contributed by atoms with Gasteiger partial charge < -0.3 is 10.0 Å². The highest BCUT2D eigenvalue weighted by atomic mass is 35.5. The summed E-state index contributed by atoms with van der Waals surface area (Å²) in [5, 5.41) is 10.3. The third-order valence-electron chi connectivity index (χ3n) is 3.13. The molecule has 6 heteroatoms. The van der Waals surface area contributed by atoms with E-state index < -0.39 is 5.60 Å². The van der Waals surface area contributed by atoms with Crippen molar-refractivity contribution in [2.45, 2.75) is 19.4 Å². The summed E-state index contributed by atoms with van der Waals surface area (Å²) in [6.07, 6.45) is 2.68. The molecule has 0 unspecified atom stereocenters. The van der Waals surface area contributed by atoms with Gasteiger partial charge in [-0.1, -0.05) is 25.4 Å². The molecule has 1 aromatic heterocycles. The normalized spacial score (nSPS) is 18.1. The number of hydrogen-bond donors (Lipinski definition) is 1. The molecule has 2 heterocycles. The van der Waals surface area contributed by atoms with Gasteiger partial charge in [0.15, 0.2) is 0 Å². The molecule has 0 spiro atoms. The van der Waals surface area contributed by atoms with E-state index in [1.165, 1.54) is 12.4 Å². The van der Waals surface area contributed by atoms with Crippen LogP contribution in [-0.4, -0.2) is 44.6 Å². The first-order valence-electron chi connectivity index (χ1n) is 5.41. The number of halogens is 1. The second kappa shape index (κ2) is 4.23. The van der Waals surface area contributed by atoms with Gasteiger partial charge in [0.1, 0.15) is 16.4 Å². The minimum atomic E-state index is -0.768. The van der Waals surface area contributed by atoms with Crippen molar-refractivity contribution >= 4 is 17.5 Å². The lowest BCUT2D eigenvalue weighted by atomic mass is 9.83. The second-order valence-electron chi connectivity index (χ2n) is 4.64. The number of aromatic nitrogens is 2. The molecular formula is C11H14ClN3O2. The summed E-state index contributed by atoms with van der Waals surface area (Å²) in [5.74, 6) is -0.0951. The smallest absolute Gasteiger partial charge is 0.274 e. The molecule has 0 aliphatic carbocycles. The fourth-order valence-electron chi connectivity index (χ4n) is 1.71. The lowest BCUT2D eigenvalue weighted by Gasteiger charge is -2.48. The molecular weight excluding hydrogens is 242 g/mol. The molecule has 1 aliphatic rings. The number of rotatable bonds is 2. The average molecular weight is 256 g/mol. The average Bonchev–Trinajstić information content (AvgIpc) is 2.24. The molecule has 0 saturated carbocycles. The standard InChI is InChI=1S/C11H14ClN3O2/c1-7(2)11(17)5-15(6-11)10(16)8-3-14-9(12)4-13-8/h3-4,7,17H,5-6H2,1-2H3. The summed E-state index contributed by atoms with van der Waals surface area (Å²) < 4.78 is 0. The number of aliphatic hydroxyl groups is 1.